The van der Waals surface area contributed by atoms with E-state index in [1.807, 2.05) is 4.90 Å². The Morgan fingerprint density at radius 3 is 2.72 bits per heavy atom. The summed E-state index contributed by atoms with van der Waals surface area (Å²) in [6.07, 6.45) is 5.20. The van der Waals surface area contributed by atoms with Gasteiger partial charge in [0.15, 0.2) is 17.1 Å². The molecule has 1 fully saturated rings. The van der Waals surface area contributed by atoms with Crippen LogP contribution >= 0.6 is 0 Å². The molecule has 1 aromatic carbocycles. The summed E-state index contributed by atoms with van der Waals surface area (Å²) in [6, 6.07) is 6.34. The van der Waals surface area contributed by atoms with Gasteiger partial charge in [-0.1, -0.05) is 6.07 Å². The van der Waals surface area contributed by atoms with Gasteiger partial charge in [-0.2, -0.15) is 28.5 Å². The number of pyridine rings is 1. The highest BCUT2D eigenvalue weighted by Gasteiger charge is 2.34. The predicted octanol–water partition coefficient (Wildman–Crippen LogP) is 5.03. The molecule has 4 aromatic heterocycles. The van der Waals surface area contributed by atoms with Gasteiger partial charge in [0.05, 0.1) is 24.2 Å². The summed E-state index contributed by atoms with van der Waals surface area (Å²) in [5.74, 6) is 0.797. The van der Waals surface area contributed by atoms with Crippen molar-refractivity contribution in [3.63, 3.8) is 0 Å². The van der Waals surface area contributed by atoms with E-state index in [-0.39, 0.29) is 40.7 Å². The number of nitrogens with zero attached hydrogens (tertiary/aromatic N) is 8. The lowest BCUT2D eigenvalue weighted by molar-refractivity contribution is -0.138. The fourth-order valence-corrected chi connectivity index (χ4v) is 4.83. The number of anilines is 2. The molecule has 198 valence electrons. The summed E-state index contributed by atoms with van der Waals surface area (Å²) >= 11 is 0. The zero-order valence-corrected chi connectivity index (χ0v) is 20.8. The van der Waals surface area contributed by atoms with Crippen LogP contribution in [-0.4, -0.2) is 47.1 Å². The number of alkyl halides is 3. The lowest BCUT2D eigenvalue weighted by atomic mass is 10.1. The number of nitrogens with one attached hydrogen (secondary N) is 1. The standard InChI is InChI=1S/C26H22F3N9O/c1-36-23-18(11-30)21(39-22-14-33-38-9-6-31-12-20(22)38)13-32-24(23)35-25(36)34-17-5-4-16(15-37-7-2-3-8-37)19(10-17)26(27,28)29/h4-6,9-10,12-14H,2-3,7-8,15H2,1H3,(H,32,34,35). The van der Waals surface area contributed by atoms with E-state index in [9.17, 15) is 18.4 Å². The number of rotatable bonds is 6. The molecule has 0 unspecified atom stereocenters. The second-order valence-electron chi connectivity index (χ2n) is 9.27. The van der Waals surface area contributed by atoms with Crippen molar-refractivity contribution in [1.82, 2.24) is 34.0 Å². The normalized spacial score (nSPS) is 14.2. The Labute approximate surface area is 220 Å². The third-order valence-electron chi connectivity index (χ3n) is 6.75. The summed E-state index contributed by atoms with van der Waals surface area (Å²) in [5.41, 5.74) is 1.15. The number of aromatic nitrogens is 6. The SMILES string of the molecule is Cn1c(Nc2ccc(CN3CCCC3)c(C(F)(F)F)c2)nc2ncc(Oc3cnn4ccncc34)c(C#N)c21. The Hall–Kier alpha value is -4.70. The highest BCUT2D eigenvalue weighted by atomic mass is 19.4. The maximum Gasteiger partial charge on any atom is 0.416 e. The monoisotopic (exact) mass is 533 g/mol. The fourth-order valence-electron chi connectivity index (χ4n) is 4.83. The van der Waals surface area contributed by atoms with Crippen molar-refractivity contribution < 1.29 is 17.9 Å². The largest absolute Gasteiger partial charge is 0.450 e. The number of halogens is 3. The van der Waals surface area contributed by atoms with E-state index < -0.39 is 11.7 Å². The second kappa shape index (κ2) is 9.55. The molecule has 1 saturated heterocycles. The van der Waals surface area contributed by atoms with Crippen molar-refractivity contribution in [3.8, 4) is 17.6 Å². The first-order valence-corrected chi connectivity index (χ1v) is 12.2. The van der Waals surface area contributed by atoms with Gasteiger partial charge in [0, 0.05) is 31.7 Å². The number of hydrogen-bond acceptors (Lipinski definition) is 8. The minimum Gasteiger partial charge on any atom is -0.450 e. The Bertz CT molecular complexity index is 1730. The summed E-state index contributed by atoms with van der Waals surface area (Å²) in [6.45, 7) is 1.85. The number of imidazole rings is 1. The van der Waals surface area contributed by atoms with Crippen molar-refractivity contribution in [2.75, 3.05) is 18.4 Å². The van der Waals surface area contributed by atoms with Gasteiger partial charge in [-0.05, 0) is 43.6 Å². The quantitative estimate of drug-likeness (QED) is 0.324. The summed E-state index contributed by atoms with van der Waals surface area (Å²) in [5, 5.41) is 17.1. The van der Waals surface area contributed by atoms with Gasteiger partial charge in [0.1, 0.15) is 22.7 Å². The Kier molecular flexibility index (Phi) is 6.03. The number of hydrogen-bond donors (Lipinski definition) is 1. The zero-order valence-electron chi connectivity index (χ0n) is 20.8. The minimum atomic E-state index is -4.51. The van der Waals surface area contributed by atoms with Crippen LogP contribution in [0.15, 0.2) is 49.2 Å². The van der Waals surface area contributed by atoms with Crippen LogP contribution in [0.4, 0.5) is 24.8 Å². The van der Waals surface area contributed by atoms with Gasteiger partial charge in [0.2, 0.25) is 5.95 Å². The van der Waals surface area contributed by atoms with Crippen LogP contribution in [0.5, 0.6) is 11.5 Å². The molecule has 0 spiro atoms. The molecule has 0 aliphatic carbocycles. The highest BCUT2D eigenvalue weighted by molar-refractivity contribution is 5.84. The molecule has 0 amide bonds. The zero-order chi connectivity index (χ0) is 27.1. The molecule has 0 bridgehead atoms. The molecular formula is C26H22F3N9O. The van der Waals surface area contributed by atoms with E-state index in [2.05, 4.69) is 31.4 Å². The van der Waals surface area contributed by atoms with Crippen LogP contribution < -0.4 is 10.1 Å². The summed E-state index contributed by atoms with van der Waals surface area (Å²) < 4.78 is 51.0. The van der Waals surface area contributed by atoms with Crippen LogP contribution in [0.1, 0.15) is 29.5 Å². The molecule has 0 saturated carbocycles. The second-order valence-corrected chi connectivity index (χ2v) is 9.27. The fraction of sp³-hybridized carbons (Fsp3) is 0.269. The third kappa shape index (κ3) is 4.59. The topological polar surface area (TPSA) is 109 Å². The molecule has 1 aliphatic heterocycles. The highest BCUT2D eigenvalue weighted by Crippen LogP contribution is 2.36. The number of likely N-dealkylation sites (tertiary alicyclic amines) is 1. The van der Waals surface area contributed by atoms with Gasteiger partial charge in [-0.25, -0.2) is 9.50 Å². The molecular weight excluding hydrogens is 511 g/mol. The molecule has 1 aliphatic rings. The third-order valence-corrected chi connectivity index (χ3v) is 6.75. The van der Waals surface area contributed by atoms with Crippen LogP contribution in [0.2, 0.25) is 0 Å². The van der Waals surface area contributed by atoms with Crippen molar-refractivity contribution >= 4 is 28.3 Å². The predicted molar refractivity (Wildman–Crippen MR) is 136 cm³/mol. The van der Waals surface area contributed by atoms with Crippen LogP contribution in [0.25, 0.3) is 16.7 Å². The number of benzene rings is 1. The first-order chi connectivity index (χ1) is 18.8. The Morgan fingerprint density at radius 2 is 1.95 bits per heavy atom. The maximum absolute atomic E-state index is 13.9. The van der Waals surface area contributed by atoms with Gasteiger partial charge >= 0.3 is 6.18 Å². The number of fused-ring (bicyclic) bond motifs is 2. The number of ether oxygens (including phenoxy) is 1. The average molecular weight is 534 g/mol. The van der Waals surface area contributed by atoms with Crippen molar-refractivity contribution in [1.29, 1.82) is 5.26 Å². The molecule has 1 N–H and O–H groups in total. The summed E-state index contributed by atoms with van der Waals surface area (Å²) in [7, 11) is 1.65. The molecule has 5 heterocycles. The van der Waals surface area contributed by atoms with Gasteiger partial charge < -0.3 is 14.6 Å². The number of aryl methyl sites for hydroxylation is 1. The smallest absolute Gasteiger partial charge is 0.416 e. The van der Waals surface area contributed by atoms with Gasteiger partial charge in [0.25, 0.3) is 0 Å². The Balaban J connectivity index is 1.33. The minimum absolute atomic E-state index is 0.170. The molecule has 0 radical (unpaired) electrons. The molecule has 5 aromatic rings. The molecule has 13 heteroatoms. The van der Waals surface area contributed by atoms with Crippen molar-refractivity contribution in [3.05, 3.63) is 65.9 Å². The van der Waals surface area contributed by atoms with E-state index in [0.717, 1.165) is 32.0 Å². The lowest BCUT2D eigenvalue weighted by Crippen LogP contribution is -2.21. The van der Waals surface area contributed by atoms with E-state index in [4.69, 9.17) is 4.74 Å². The first kappa shape index (κ1) is 24.6. The van der Waals surface area contributed by atoms with Crippen LogP contribution in [0.3, 0.4) is 0 Å². The van der Waals surface area contributed by atoms with Gasteiger partial charge in [-0.3, -0.25) is 9.88 Å². The molecule has 10 nitrogen and oxygen atoms in total. The number of nitriles is 1. The summed E-state index contributed by atoms with van der Waals surface area (Å²) in [4.78, 5) is 14.8. The van der Waals surface area contributed by atoms with E-state index in [1.54, 1.807) is 40.8 Å². The molecule has 39 heavy (non-hydrogen) atoms. The molecule has 6 rings (SSSR count). The average Bonchev–Trinajstić information content (AvgIpc) is 3.65. The van der Waals surface area contributed by atoms with Crippen LogP contribution in [-0.2, 0) is 19.8 Å². The van der Waals surface area contributed by atoms with E-state index >= 15 is 0 Å². The first-order valence-electron chi connectivity index (χ1n) is 12.2. The van der Waals surface area contributed by atoms with E-state index in [1.165, 1.54) is 18.5 Å². The molecule has 0 atom stereocenters. The van der Waals surface area contributed by atoms with Crippen molar-refractivity contribution in [2.45, 2.75) is 25.6 Å². The van der Waals surface area contributed by atoms with Gasteiger partial charge in [-0.15, -0.1) is 0 Å². The van der Waals surface area contributed by atoms with Crippen LogP contribution in [0, 0.1) is 11.3 Å². The van der Waals surface area contributed by atoms with E-state index in [0.29, 0.717) is 16.8 Å². The van der Waals surface area contributed by atoms with Crippen molar-refractivity contribution in [2.24, 2.45) is 7.05 Å². The Morgan fingerprint density at radius 1 is 1.13 bits per heavy atom. The maximum atomic E-state index is 13.9. The lowest BCUT2D eigenvalue weighted by Gasteiger charge is -2.20.